The molecular weight excluding hydrogens is 303 g/mol. The van der Waals surface area contributed by atoms with Gasteiger partial charge in [-0.05, 0) is 46.8 Å². The van der Waals surface area contributed by atoms with E-state index in [1.165, 1.54) is 12.1 Å². The minimum absolute atomic E-state index is 0.212. The zero-order valence-corrected chi connectivity index (χ0v) is 12.4. The Kier molecular flexibility index (Phi) is 4.28. The van der Waals surface area contributed by atoms with Gasteiger partial charge in [0.05, 0.1) is 13.0 Å². The number of aromatic nitrogens is 1. The van der Waals surface area contributed by atoms with Crippen LogP contribution in [-0.4, -0.2) is 17.8 Å². The zero-order chi connectivity index (χ0) is 16.3. The largest absolute Gasteiger partial charge is 0.493 e. The molecule has 0 radical (unpaired) electrons. The van der Waals surface area contributed by atoms with Crippen molar-refractivity contribution in [3.8, 4) is 5.75 Å². The van der Waals surface area contributed by atoms with Gasteiger partial charge in [-0.3, -0.25) is 0 Å². The zero-order valence-electron chi connectivity index (χ0n) is 12.4. The lowest BCUT2D eigenvalue weighted by Crippen LogP contribution is -2.11. The van der Waals surface area contributed by atoms with E-state index in [1.807, 2.05) is 24.4 Å². The second kappa shape index (κ2) is 6.36. The molecule has 0 fully saturated rings. The van der Waals surface area contributed by atoms with Gasteiger partial charge in [-0.2, -0.15) is 13.2 Å². The van der Waals surface area contributed by atoms with E-state index >= 15 is 0 Å². The molecule has 120 valence electrons. The first-order valence-electron chi connectivity index (χ1n) is 7.34. The van der Waals surface area contributed by atoms with Crippen molar-refractivity contribution in [2.24, 2.45) is 0 Å². The third kappa shape index (κ3) is 4.28. The van der Waals surface area contributed by atoms with Crippen LogP contribution in [0.3, 0.4) is 0 Å². The maximum atomic E-state index is 12.4. The number of hydrogen-bond donors (Lipinski definition) is 1. The fraction of sp³-hybridized carbons (Fsp3) is 0.222. The van der Waals surface area contributed by atoms with Crippen molar-refractivity contribution in [2.75, 3.05) is 6.61 Å². The molecule has 0 saturated heterocycles. The average Bonchev–Trinajstić information content (AvgIpc) is 2.93. The van der Waals surface area contributed by atoms with Crippen LogP contribution in [0.25, 0.3) is 10.9 Å². The van der Waals surface area contributed by atoms with Gasteiger partial charge in [-0.15, -0.1) is 0 Å². The van der Waals surface area contributed by atoms with E-state index in [-0.39, 0.29) is 5.56 Å². The SMILES string of the molecule is FC(F)(F)Cc1cccc(OCCc2ccc3[nH]ccc3c2)c1. The molecular formula is C18H16F3NO. The summed E-state index contributed by atoms with van der Waals surface area (Å²) in [7, 11) is 0. The maximum Gasteiger partial charge on any atom is 0.393 e. The van der Waals surface area contributed by atoms with E-state index in [2.05, 4.69) is 11.1 Å². The van der Waals surface area contributed by atoms with Gasteiger partial charge in [0.1, 0.15) is 5.75 Å². The number of hydrogen-bond acceptors (Lipinski definition) is 1. The van der Waals surface area contributed by atoms with Crippen molar-refractivity contribution in [2.45, 2.75) is 19.0 Å². The summed E-state index contributed by atoms with van der Waals surface area (Å²) in [5, 5.41) is 1.13. The van der Waals surface area contributed by atoms with E-state index in [9.17, 15) is 13.2 Å². The topological polar surface area (TPSA) is 25.0 Å². The smallest absolute Gasteiger partial charge is 0.393 e. The molecule has 5 heteroatoms. The molecule has 0 unspecified atom stereocenters. The summed E-state index contributed by atoms with van der Waals surface area (Å²) < 4.78 is 42.8. The van der Waals surface area contributed by atoms with Crippen molar-refractivity contribution in [1.29, 1.82) is 0 Å². The molecule has 0 saturated carbocycles. The number of fused-ring (bicyclic) bond motifs is 1. The maximum absolute atomic E-state index is 12.4. The Hall–Kier alpha value is -2.43. The van der Waals surface area contributed by atoms with E-state index < -0.39 is 12.6 Å². The highest BCUT2D eigenvalue weighted by Gasteiger charge is 2.27. The lowest BCUT2D eigenvalue weighted by atomic mass is 10.1. The predicted molar refractivity (Wildman–Crippen MR) is 83.7 cm³/mol. The molecule has 2 aromatic carbocycles. The fourth-order valence-corrected chi connectivity index (χ4v) is 2.52. The second-order valence-electron chi connectivity index (χ2n) is 5.44. The fourth-order valence-electron chi connectivity index (χ4n) is 2.52. The van der Waals surface area contributed by atoms with Gasteiger partial charge in [-0.1, -0.05) is 18.2 Å². The van der Waals surface area contributed by atoms with Crippen molar-refractivity contribution in [3.63, 3.8) is 0 Å². The predicted octanol–water partition coefficient (Wildman–Crippen LogP) is 4.89. The third-order valence-electron chi connectivity index (χ3n) is 3.58. The lowest BCUT2D eigenvalue weighted by Gasteiger charge is -2.10. The number of ether oxygens (including phenoxy) is 1. The van der Waals surface area contributed by atoms with E-state index in [0.29, 0.717) is 18.8 Å². The standard InChI is InChI=1S/C18H16F3NO/c19-18(20,21)12-14-2-1-3-16(11-14)23-9-7-13-4-5-17-15(10-13)6-8-22-17/h1-6,8,10-11,22H,7,9,12H2. The highest BCUT2D eigenvalue weighted by Crippen LogP contribution is 2.23. The molecule has 0 spiro atoms. The first kappa shape index (κ1) is 15.5. The number of H-pyrrole nitrogens is 1. The van der Waals surface area contributed by atoms with Crippen LogP contribution in [0.2, 0.25) is 0 Å². The van der Waals surface area contributed by atoms with Crippen molar-refractivity contribution in [1.82, 2.24) is 4.98 Å². The summed E-state index contributed by atoms with van der Waals surface area (Å²) in [6.45, 7) is 0.422. The van der Waals surface area contributed by atoms with Gasteiger partial charge in [-0.25, -0.2) is 0 Å². The molecule has 3 aromatic rings. The van der Waals surface area contributed by atoms with Crippen molar-refractivity contribution in [3.05, 3.63) is 65.9 Å². The van der Waals surface area contributed by atoms with Crippen LogP contribution < -0.4 is 4.74 Å². The highest BCUT2D eigenvalue weighted by molar-refractivity contribution is 5.79. The Bertz CT molecular complexity index is 792. The minimum Gasteiger partial charge on any atom is -0.493 e. The molecule has 0 aliphatic carbocycles. The highest BCUT2D eigenvalue weighted by atomic mass is 19.4. The average molecular weight is 319 g/mol. The second-order valence-corrected chi connectivity index (χ2v) is 5.44. The van der Waals surface area contributed by atoms with E-state index in [4.69, 9.17) is 4.74 Å². The molecule has 0 aliphatic rings. The summed E-state index contributed by atoms with van der Waals surface area (Å²) in [6.07, 6.45) is -2.55. The molecule has 0 bridgehead atoms. The number of aromatic amines is 1. The van der Waals surface area contributed by atoms with Gasteiger partial charge in [0, 0.05) is 18.1 Å². The molecule has 1 aromatic heterocycles. The number of nitrogens with one attached hydrogen (secondary N) is 1. The molecule has 1 N–H and O–H groups in total. The summed E-state index contributed by atoms with van der Waals surface area (Å²) in [5.74, 6) is 0.467. The van der Waals surface area contributed by atoms with Gasteiger partial charge < -0.3 is 9.72 Å². The van der Waals surface area contributed by atoms with Gasteiger partial charge >= 0.3 is 6.18 Å². The third-order valence-corrected chi connectivity index (χ3v) is 3.58. The van der Waals surface area contributed by atoms with Crippen molar-refractivity contribution < 1.29 is 17.9 Å². The van der Waals surface area contributed by atoms with Crippen LogP contribution in [0.5, 0.6) is 5.75 Å². The molecule has 0 atom stereocenters. The van der Waals surface area contributed by atoms with Gasteiger partial charge in [0.2, 0.25) is 0 Å². The summed E-state index contributed by atoms with van der Waals surface area (Å²) in [6, 6.07) is 14.3. The van der Waals surface area contributed by atoms with Crippen LogP contribution >= 0.6 is 0 Å². The Morgan fingerprint density at radius 2 is 1.83 bits per heavy atom. The van der Waals surface area contributed by atoms with E-state index in [1.54, 1.807) is 12.1 Å². The Morgan fingerprint density at radius 1 is 0.957 bits per heavy atom. The Labute approximate surface area is 131 Å². The number of alkyl halides is 3. The quantitative estimate of drug-likeness (QED) is 0.711. The first-order chi connectivity index (χ1) is 11.0. The molecule has 2 nitrogen and oxygen atoms in total. The number of rotatable bonds is 5. The molecule has 23 heavy (non-hydrogen) atoms. The monoisotopic (exact) mass is 319 g/mol. The van der Waals surface area contributed by atoms with Crippen LogP contribution in [0.1, 0.15) is 11.1 Å². The Balaban J connectivity index is 1.58. The minimum atomic E-state index is -4.20. The van der Waals surface area contributed by atoms with Crippen molar-refractivity contribution >= 4 is 10.9 Å². The first-order valence-corrected chi connectivity index (χ1v) is 7.34. The molecule has 0 amide bonds. The summed E-state index contributed by atoms with van der Waals surface area (Å²) in [4.78, 5) is 3.13. The number of halogens is 3. The van der Waals surface area contributed by atoms with Gasteiger partial charge in [0.15, 0.2) is 0 Å². The molecule has 0 aliphatic heterocycles. The molecule has 3 rings (SSSR count). The van der Waals surface area contributed by atoms with E-state index in [0.717, 1.165) is 16.5 Å². The Morgan fingerprint density at radius 3 is 2.65 bits per heavy atom. The van der Waals surface area contributed by atoms with Crippen LogP contribution in [0.4, 0.5) is 13.2 Å². The summed E-state index contributed by atoms with van der Waals surface area (Å²) >= 11 is 0. The lowest BCUT2D eigenvalue weighted by molar-refractivity contribution is -0.127. The van der Waals surface area contributed by atoms with Crippen LogP contribution in [0.15, 0.2) is 54.7 Å². The van der Waals surface area contributed by atoms with Crippen LogP contribution in [-0.2, 0) is 12.8 Å². The van der Waals surface area contributed by atoms with Gasteiger partial charge in [0.25, 0.3) is 0 Å². The normalized spacial score (nSPS) is 11.8. The van der Waals surface area contributed by atoms with Crippen LogP contribution in [0, 0.1) is 0 Å². The number of benzene rings is 2. The summed E-state index contributed by atoms with van der Waals surface area (Å²) in [5.41, 5.74) is 2.42. The molecule has 1 heterocycles.